The summed E-state index contributed by atoms with van der Waals surface area (Å²) in [6.45, 7) is 9.56. The lowest BCUT2D eigenvalue weighted by Gasteiger charge is -2.20. The first-order valence-corrected chi connectivity index (χ1v) is 7.15. The molecule has 1 aromatic rings. The zero-order chi connectivity index (χ0) is 13.4. The van der Waals surface area contributed by atoms with Crippen molar-refractivity contribution in [3.8, 4) is 6.07 Å². The van der Waals surface area contributed by atoms with Gasteiger partial charge in [0.15, 0.2) is 0 Å². The topological polar surface area (TPSA) is 64.8 Å². The molecule has 1 unspecified atom stereocenters. The number of rotatable bonds is 8. The highest BCUT2D eigenvalue weighted by Gasteiger charge is 2.13. The fourth-order valence-electron chi connectivity index (χ4n) is 1.63. The Balaban J connectivity index is 2.58. The third-order valence-electron chi connectivity index (χ3n) is 2.66. The van der Waals surface area contributed by atoms with E-state index in [-0.39, 0.29) is 5.92 Å². The van der Waals surface area contributed by atoms with Crippen molar-refractivity contribution in [2.75, 3.05) is 25.0 Å². The van der Waals surface area contributed by atoms with Crippen molar-refractivity contribution in [1.82, 2.24) is 14.5 Å². The van der Waals surface area contributed by atoms with Crippen molar-refractivity contribution in [3.05, 3.63) is 5.69 Å². The maximum absolute atomic E-state index is 8.86. The molecule has 100 valence electrons. The number of hydrogen-bond acceptors (Lipinski definition) is 6. The highest BCUT2D eigenvalue weighted by molar-refractivity contribution is 7.10. The van der Waals surface area contributed by atoms with Crippen molar-refractivity contribution in [2.24, 2.45) is 5.92 Å². The van der Waals surface area contributed by atoms with E-state index in [0.29, 0.717) is 0 Å². The van der Waals surface area contributed by atoms with Gasteiger partial charge in [-0.25, -0.2) is 0 Å². The summed E-state index contributed by atoms with van der Waals surface area (Å²) in [5.74, 6) is 0.0450. The molecular formula is C12H21N5S. The lowest BCUT2D eigenvalue weighted by Crippen LogP contribution is -2.28. The van der Waals surface area contributed by atoms with Gasteiger partial charge in [-0.1, -0.05) is 18.3 Å². The summed E-state index contributed by atoms with van der Waals surface area (Å²) >= 11 is 1.40. The molecule has 0 spiro atoms. The monoisotopic (exact) mass is 267 g/mol. The highest BCUT2D eigenvalue weighted by Crippen LogP contribution is 2.19. The molecule has 5 nitrogen and oxygen atoms in total. The molecule has 1 rings (SSSR count). The molecule has 0 aliphatic rings. The van der Waals surface area contributed by atoms with Crippen LogP contribution in [0, 0.1) is 17.2 Å². The van der Waals surface area contributed by atoms with Crippen LogP contribution in [0.5, 0.6) is 0 Å². The van der Waals surface area contributed by atoms with Crippen LogP contribution in [0.15, 0.2) is 0 Å². The minimum absolute atomic E-state index is 0.0450. The van der Waals surface area contributed by atoms with Gasteiger partial charge in [0.2, 0.25) is 0 Å². The summed E-state index contributed by atoms with van der Waals surface area (Å²) in [5.41, 5.74) is 0.987. The van der Waals surface area contributed by atoms with Crippen LogP contribution in [0.4, 0.5) is 5.00 Å². The first-order chi connectivity index (χ1) is 8.71. The standard InChI is InChI=1S/C12H21N5S/c1-4-6-14-12-11(15-16-18-12)9-17(5-2)8-10(3)7-13/h10,14H,4-6,8-9H2,1-3H3. The molecular weight excluding hydrogens is 246 g/mol. The largest absolute Gasteiger partial charge is 0.374 e. The first-order valence-electron chi connectivity index (χ1n) is 6.38. The number of nitrogens with zero attached hydrogens (tertiary/aromatic N) is 4. The van der Waals surface area contributed by atoms with Gasteiger partial charge in [0.25, 0.3) is 0 Å². The van der Waals surface area contributed by atoms with Crippen LogP contribution < -0.4 is 5.32 Å². The Morgan fingerprint density at radius 3 is 2.89 bits per heavy atom. The molecule has 0 radical (unpaired) electrons. The molecule has 0 aliphatic heterocycles. The summed E-state index contributed by atoms with van der Waals surface area (Å²) in [6.07, 6.45) is 1.08. The molecule has 1 N–H and O–H groups in total. The number of anilines is 1. The van der Waals surface area contributed by atoms with Crippen LogP contribution in [-0.4, -0.2) is 34.1 Å². The predicted molar refractivity (Wildman–Crippen MR) is 74.4 cm³/mol. The second kappa shape index (κ2) is 8.01. The Bertz CT molecular complexity index is 384. The molecule has 1 atom stereocenters. The molecule has 1 aromatic heterocycles. The van der Waals surface area contributed by atoms with E-state index in [9.17, 15) is 0 Å². The third kappa shape index (κ3) is 4.59. The van der Waals surface area contributed by atoms with Gasteiger partial charge in [-0.05, 0) is 19.9 Å². The highest BCUT2D eigenvalue weighted by atomic mass is 32.1. The van der Waals surface area contributed by atoms with Crippen LogP contribution in [0.3, 0.4) is 0 Å². The maximum Gasteiger partial charge on any atom is 0.134 e. The van der Waals surface area contributed by atoms with Crippen LogP contribution >= 0.6 is 11.5 Å². The Morgan fingerprint density at radius 1 is 1.50 bits per heavy atom. The number of aromatic nitrogens is 2. The number of nitriles is 1. The Kier molecular flexibility index (Phi) is 6.61. The molecule has 0 amide bonds. The zero-order valence-electron chi connectivity index (χ0n) is 11.3. The molecule has 0 bridgehead atoms. The average molecular weight is 267 g/mol. The van der Waals surface area contributed by atoms with Gasteiger partial charge >= 0.3 is 0 Å². The Labute approximate surface area is 113 Å². The quantitative estimate of drug-likeness (QED) is 0.783. The van der Waals surface area contributed by atoms with Gasteiger partial charge in [0.05, 0.1) is 12.0 Å². The van der Waals surface area contributed by atoms with Crippen LogP contribution in [0.2, 0.25) is 0 Å². The fourth-order valence-corrected chi connectivity index (χ4v) is 2.23. The minimum Gasteiger partial charge on any atom is -0.374 e. The second-order valence-electron chi connectivity index (χ2n) is 4.33. The summed E-state index contributed by atoms with van der Waals surface area (Å²) < 4.78 is 4.00. The lowest BCUT2D eigenvalue weighted by atomic mass is 10.2. The van der Waals surface area contributed by atoms with Gasteiger partial charge in [0.1, 0.15) is 10.7 Å². The van der Waals surface area contributed by atoms with Crippen molar-refractivity contribution >= 4 is 16.5 Å². The van der Waals surface area contributed by atoms with E-state index in [0.717, 1.165) is 43.3 Å². The molecule has 0 aromatic carbocycles. The van der Waals surface area contributed by atoms with Crippen molar-refractivity contribution in [1.29, 1.82) is 5.26 Å². The maximum atomic E-state index is 8.86. The smallest absolute Gasteiger partial charge is 0.134 e. The van der Waals surface area contributed by atoms with Gasteiger partial charge in [-0.15, -0.1) is 5.10 Å². The summed E-state index contributed by atoms with van der Waals surface area (Å²) in [6, 6.07) is 2.27. The van der Waals surface area contributed by atoms with Gasteiger partial charge in [-0.3, -0.25) is 4.90 Å². The molecule has 0 saturated carbocycles. The Hall–Kier alpha value is -1.19. The molecule has 6 heteroatoms. The molecule has 18 heavy (non-hydrogen) atoms. The van der Waals surface area contributed by atoms with E-state index in [2.05, 4.69) is 39.7 Å². The lowest BCUT2D eigenvalue weighted by molar-refractivity contribution is 0.257. The van der Waals surface area contributed by atoms with E-state index in [4.69, 9.17) is 5.26 Å². The number of hydrogen-bond donors (Lipinski definition) is 1. The van der Waals surface area contributed by atoms with Crippen LogP contribution in [0.25, 0.3) is 0 Å². The van der Waals surface area contributed by atoms with E-state index >= 15 is 0 Å². The summed E-state index contributed by atoms with van der Waals surface area (Å²) in [4.78, 5) is 2.22. The molecule has 1 heterocycles. The molecule has 0 aliphatic carbocycles. The predicted octanol–water partition coefficient (Wildman–Crippen LogP) is 2.34. The van der Waals surface area contributed by atoms with Crippen molar-refractivity contribution in [3.63, 3.8) is 0 Å². The van der Waals surface area contributed by atoms with E-state index in [1.54, 1.807) is 0 Å². The summed E-state index contributed by atoms with van der Waals surface area (Å²) in [7, 11) is 0. The van der Waals surface area contributed by atoms with Crippen LogP contribution in [-0.2, 0) is 6.54 Å². The van der Waals surface area contributed by atoms with E-state index < -0.39 is 0 Å². The second-order valence-corrected chi connectivity index (χ2v) is 5.09. The van der Waals surface area contributed by atoms with E-state index in [1.165, 1.54) is 11.5 Å². The first kappa shape index (κ1) is 14.9. The third-order valence-corrected chi connectivity index (χ3v) is 3.39. The number of nitrogens with one attached hydrogen (secondary N) is 1. The Morgan fingerprint density at radius 2 is 2.28 bits per heavy atom. The van der Waals surface area contributed by atoms with Gasteiger partial charge in [0, 0.05) is 31.2 Å². The van der Waals surface area contributed by atoms with Crippen molar-refractivity contribution < 1.29 is 0 Å². The van der Waals surface area contributed by atoms with Crippen molar-refractivity contribution in [2.45, 2.75) is 33.7 Å². The van der Waals surface area contributed by atoms with Crippen LogP contribution in [0.1, 0.15) is 32.9 Å². The SMILES string of the molecule is CCCNc1snnc1CN(CC)CC(C)C#N. The zero-order valence-corrected chi connectivity index (χ0v) is 12.1. The average Bonchev–Trinajstić information content (AvgIpc) is 2.82. The fraction of sp³-hybridized carbons (Fsp3) is 0.750. The molecule has 0 saturated heterocycles. The van der Waals surface area contributed by atoms with Gasteiger partial charge in [-0.2, -0.15) is 5.26 Å². The normalized spacial score (nSPS) is 12.4. The van der Waals surface area contributed by atoms with Gasteiger partial charge < -0.3 is 5.32 Å². The summed E-state index contributed by atoms with van der Waals surface area (Å²) in [5, 5.41) is 17.4. The molecule has 0 fully saturated rings. The van der Waals surface area contributed by atoms with E-state index in [1.807, 2.05) is 6.92 Å². The minimum atomic E-state index is 0.0450.